The van der Waals surface area contributed by atoms with E-state index < -0.39 is 12.1 Å². The lowest BCUT2D eigenvalue weighted by Crippen LogP contribution is -2.35. The smallest absolute Gasteiger partial charge is 0.339 e. The molecule has 1 heterocycles. The topological polar surface area (TPSA) is 68.5 Å². The third-order valence-electron chi connectivity index (χ3n) is 3.68. The highest BCUT2D eigenvalue weighted by atomic mass is 16.5. The number of hydrogen-bond acceptors (Lipinski definition) is 4. The monoisotopic (exact) mass is 323 g/mol. The second-order valence-electron chi connectivity index (χ2n) is 5.37. The molecule has 3 rings (SSSR count). The highest BCUT2D eigenvalue weighted by Gasteiger charge is 2.20. The summed E-state index contributed by atoms with van der Waals surface area (Å²) in [5, 5.41) is 4.41. The molecule has 5 heteroatoms. The summed E-state index contributed by atoms with van der Waals surface area (Å²) in [6.07, 6.45) is 0.636. The molecule has 0 fully saturated rings. The molecule has 2 aromatic carbocycles. The quantitative estimate of drug-likeness (QED) is 0.732. The van der Waals surface area contributed by atoms with Crippen molar-refractivity contribution < 1.29 is 18.7 Å². The molecule has 1 atom stereocenters. The number of fused-ring (bicyclic) bond motifs is 1. The van der Waals surface area contributed by atoms with E-state index >= 15 is 0 Å². The summed E-state index contributed by atoms with van der Waals surface area (Å²) in [7, 11) is 0. The van der Waals surface area contributed by atoms with Crippen molar-refractivity contribution in [2.45, 2.75) is 19.6 Å². The molecule has 1 aromatic heterocycles. The molecule has 5 nitrogen and oxygen atoms in total. The summed E-state index contributed by atoms with van der Waals surface area (Å²) < 4.78 is 10.4. The van der Waals surface area contributed by atoms with E-state index in [-0.39, 0.29) is 12.5 Å². The van der Waals surface area contributed by atoms with Gasteiger partial charge in [-0.2, -0.15) is 0 Å². The number of carbonyl (C=O) groups excluding carboxylic acids is 2. The van der Waals surface area contributed by atoms with Crippen LogP contribution in [0.4, 0.5) is 0 Å². The first kappa shape index (κ1) is 15.8. The Balaban J connectivity index is 1.66. The minimum absolute atomic E-state index is 0.252. The minimum atomic E-state index is -0.897. The first-order valence-electron chi connectivity index (χ1n) is 7.64. The zero-order valence-electron chi connectivity index (χ0n) is 13.2. The van der Waals surface area contributed by atoms with Crippen molar-refractivity contribution in [3.05, 3.63) is 72.2 Å². The predicted molar refractivity (Wildman–Crippen MR) is 89.4 cm³/mol. The van der Waals surface area contributed by atoms with E-state index in [1.54, 1.807) is 31.2 Å². The van der Waals surface area contributed by atoms with E-state index in [0.717, 1.165) is 10.8 Å². The largest absolute Gasteiger partial charge is 0.467 e. The number of hydrogen-bond donors (Lipinski definition) is 1. The molecule has 122 valence electrons. The van der Waals surface area contributed by atoms with Crippen molar-refractivity contribution in [3.63, 3.8) is 0 Å². The standard InChI is InChI=1S/C19H17NO4/c1-13(18(21)20-12-15-8-5-11-23-15)24-19(22)17-10-4-7-14-6-2-3-9-16(14)17/h2-11,13H,12H2,1H3,(H,20,21)/t13-/m0/s1. The van der Waals surface area contributed by atoms with E-state index in [2.05, 4.69) is 5.32 Å². The number of carbonyl (C=O) groups is 2. The van der Waals surface area contributed by atoms with Crippen molar-refractivity contribution in [2.24, 2.45) is 0 Å². The maximum absolute atomic E-state index is 12.4. The summed E-state index contributed by atoms with van der Waals surface area (Å²) in [4.78, 5) is 24.4. The zero-order valence-corrected chi connectivity index (χ0v) is 13.2. The van der Waals surface area contributed by atoms with Crippen molar-refractivity contribution in [2.75, 3.05) is 0 Å². The summed E-state index contributed by atoms with van der Waals surface area (Å²) in [5.74, 6) is -0.261. The van der Waals surface area contributed by atoms with Gasteiger partial charge in [0.1, 0.15) is 5.76 Å². The van der Waals surface area contributed by atoms with Gasteiger partial charge in [0.05, 0.1) is 18.4 Å². The van der Waals surface area contributed by atoms with Gasteiger partial charge < -0.3 is 14.5 Å². The fourth-order valence-corrected chi connectivity index (χ4v) is 2.41. The molecule has 1 amide bonds. The van der Waals surface area contributed by atoms with Gasteiger partial charge in [-0.3, -0.25) is 4.79 Å². The molecule has 0 bridgehead atoms. The van der Waals surface area contributed by atoms with Crippen molar-refractivity contribution in [3.8, 4) is 0 Å². The third kappa shape index (κ3) is 3.46. The molecule has 1 N–H and O–H groups in total. The number of rotatable bonds is 5. The summed E-state index contributed by atoms with van der Waals surface area (Å²) in [6, 6.07) is 16.4. The summed E-state index contributed by atoms with van der Waals surface area (Å²) in [5.41, 5.74) is 0.443. The van der Waals surface area contributed by atoms with Gasteiger partial charge >= 0.3 is 5.97 Å². The normalized spacial score (nSPS) is 11.9. The Morgan fingerprint density at radius 3 is 2.67 bits per heavy atom. The Morgan fingerprint density at radius 2 is 1.88 bits per heavy atom. The van der Waals surface area contributed by atoms with E-state index in [4.69, 9.17) is 9.15 Å². The maximum Gasteiger partial charge on any atom is 0.339 e. The lowest BCUT2D eigenvalue weighted by Gasteiger charge is -2.14. The Labute approximate surface area is 139 Å². The Morgan fingerprint density at radius 1 is 1.08 bits per heavy atom. The van der Waals surface area contributed by atoms with Crippen molar-refractivity contribution in [1.29, 1.82) is 0 Å². The van der Waals surface area contributed by atoms with Gasteiger partial charge in [-0.15, -0.1) is 0 Å². The Hall–Kier alpha value is -3.08. The molecule has 0 radical (unpaired) electrons. The SMILES string of the molecule is C[C@H](OC(=O)c1cccc2ccccc12)C(=O)NCc1ccco1. The summed E-state index contributed by atoms with van der Waals surface area (Å²) >= 11 is 0. The van der Waals surface area contributed by atoms with E-state index in [9.17, 15) is 9.59 Å². The van der Waals surface area contributed by atoms with Gasteiger partial charge in [0, 0.05) is 0 Å². The summed E-state index contributed by atoms with van der Waals surface area (Å²) in [6.45, 7) is 1.79. The third-order valence-corrected chi connectivity index (χ3v) is 3.68. The van der Waals surface area contributed by atoms with Crippen LogP contribution in [0, 0.1) is 0 Å². The number of furan rings is 1. The van der Waals surface area contributed by atoms with Crippen LogP contribution < -0.4 is 5.32 Å². The van der Waals surface area contributed by atoms with E-state index in [1.165, 1.54) is 6.26 Å². The van der Waals surface area contributed by atoms with Gasteiger partial charge in [0.25, 0.3) is 5.91 Å². The van der Waals surface area contributed by atoms with Crippen LogP contribution in [0.1, 0.15) is 23.0 Å². The Bertz CT molecular complexity index is 849. The van der Waals surface area contributed by atoms with Crippen LogP contribution in [-0.2, 0) is 16.1 Å². The van der Waals surface area contributed by atoms with Gasteiger partial charge in [-0.25, -0.2) is 4.79 Å². The highest BCUT2D eigenvalue weighted by molar-refractivity contribution is 6.05. The zero-order chi connectivity index (χ0) is 16.9. The molecule has 0 saturated heterocycles. The molecule has 24 heavy (non-hydrogen) atoms. The van der Waals surface area contributed by atoms with Crippen LogP contribution in [0.5, 0.6) is 0 Å². The van der Waals surface area contributed by atoms with E-state index in [0.29, 0.717) is 11.3 Å². The molecule has 0 saturated carbocycles. The van der Waals surface area contributed by atoms with Crippen LogP contribution in [-0.4, -0.2) is 18.0 Å². The van der Waals surface area contributed by atoms with Gasteiger partial charge in [-0.1, -0.05) is 36.4 Å². The molecule has 3 aromatic rings. The van der Waals surface area contributed by atoms with Crippen molar-refractivity contribution in [1.82, 2.24) is 5.32 Å². The number of ether oxygens (including phenoxy) is 1. The number of benzene rings is 2. The van der Waals surface area contributed by atoms with E-state index in [1.807, 2.05) is 30.3 Å². The fourth-order valence-electron chi connectivity index (χ4n) is 2.41. The first-order chi connectivity index (χ1) is 11.6. The lowest BCUT2D eigenvalue weighted by molar-refractivity contribution is -0.129. The molecule has 0 aliphatic heterocycles. The van der Waals surface area contributed by atoms with Crippen LogP contribution >= 0.6 is 0 Å². The van der Waals surface area contributed by atoms with Crippen LogP contribution in [0.15, 0.2) is 65.3 Å². The molecule has 0 aliphatic rings. The fraction of sp³-hybridized carbons (Fsp3) is 0.158. The van der Waals surface area contributed by atoms with Crippen LogP contribution in [0.25, 0.3) is 10.8 Å². The van der Waals surface area contributed by atoms with Crippen LogP contribution in [0.2, 0.25) is 0 Å². The molecule has 0 unspecified atom stereocenters. The molecular formula is C19H17NO4. The highest BCUT2D eigenvalue weighted by Crippen LogP contribution is 2.19. The lowest BCUT2D eigenvalue weighted by atomic mass is 10.0. The number of esters is 1. The van der Waals surface area contributed by atoms with Crippen molar-refractivity contribution >= 4 is 22.6 Å². The van der Waals surface area contributed by atoms with Gasteiger partial charge in [-0.05, 0) is 35.9 Å². The second-order valence-corrected chi connectivity index (χ2v) is 5.37. The Kier molecular flexibility index (Phi) is 4.61. The molecule has 0 aliphatic carbocycles. The predicted octanol–water partition coefficient (Wildman–Crippen LogP) is 3.29. The molecular weight excluding hydrogens is 306 g/mol. The average molecular weight is 323 g/mol. The van der Waals surface area contributed by atoms with Crippen LogP contribution in [0.3, 0.4) is 0 Å². The van der Waals surface area contributed by atoms with Gasteiger partial charge in [0.15, 0.2) is 6.10 Å². The maximum atomic E-state index is 12.4. The molecule has 0 spiro atoms. The average Bonchev–Trinajstić information content (AvgIpc) is 3.12. The van der Waals surface area contributed by atoms with Gasteiger partial charge in [0.2, 0.25) is 0 Å². The number of nitrogens with one attached hydrogen (secondary N) is 1. The number of amides is 1. The first-order valence-corrected chi connectivity index (χ1v) is 7.64. The second kappa shape index (κ2) is 7.00. The minimum Gasteiger partial charge on any atom is -0.467 e.